The van der Waals surface area contributed by atoms with Gasteiger partial charge in [-0.3, -0.25) is 0 Å². The van der Waals surface area contributed by atoms with Gasteiger partial charge >= 0.3 is 6.18 Å². The molecule has 0 aliphatic rings. The van der Waals surface area contributed by atoms with E-state index in [4.69, 9.17) is 0 Å². The molecule has 0 radical (unpaired) electrons. The highest BCUT2D eigenvalue weighted by Gasteiger charge is 2.30. The van der Waals surface area contributed by atoms with E-state index in [0.717, 1.165) is 17.7 Å². The van der Waals surface area contributed by atoms with Gasteiger partial charge in [-0.15, -0.1) is 0 Å². The van der Waals surface area contributed by atoms with Gasteiger partial charge in [-0.1, -0.05) is 6.07 Å². The van der Waals surface area contributed by atoms with Gasteiger partial charge in [0.2, 0.25) is 0 Å². The molecule has 1 nitrogen and oxygen atoms in total. The molecule has 0 spiro atoms. The summed E-state index contributed by atoms with van der Waals surface area (Å²) in [7, 11) is 0. The van der Waals surface area contributed by atoms with Gasteiger partial charge in [-0.2, -0.15) is 13.2 Å². The summed E-state index contributed by atoms with van der Waals surface area (Å²) in [5.74, 6) is -0.390. The minimum atomic E-state index is -4.39. The first-order valence-corrected chi connectivity index (χ1v) is 7.40. The Balaban J connectivity index is 2.17. The smallest absolute Gasteiger partial charge is 0.380 e. The lowest BCUT2D eigenvalue weighted by Crippen LogP contribution is -2.07. The predicted molar refractivity (Wildman–Crippen MR) is 80.6 cm³/mol. The van der Waals surface area contributed by atoms with E-state index in [9.17, 15) is 17.6 Å². The van der Waals surface area contributed by atoms with Crippen molar-refractivity contribution in [3.63, 3.8) is 0 Å². The third-order valence-electron chi connectivity index (χ3n) is 2.76. The fourth-order valence-electron chi connectivity index (χ4n) is 1.68. The molecule has 2 rings (SSSR count). The number of rotatable bonds is 3. The maximum atomic E-state index is 13.1. The first-order valence-electron chi connectivity index (χ1n) is 5.82. The molecule has 0 saturated carbocycles. The molecule has 0 aromatic heterocycles. The average Bonchev–Trinajstić information content (AvgIpc) is 2.40. The lowest BCUT2D eigenvalue weighted by molar-refractivity contribution is -0.137. The summed E-state index contributed by atoms with van der Waals surface area (Å²) < 4.78 is 52.0. The van der Waals surface area contributed by atoms with Crippen LogP contribution in [0.1, 0.15) is 11.1 Å². The van der Waals surface area contributed by atoms with Crippen molar-refractivity contribution >= 4 is 37.5 Å². The molecule has 0 atom stereocenters. The van der Waals surface area contributed by atoms with Gasteiger partial charge in [0.05, 0.1) is 10.0 Å². The number of anilines is 1. The topological polar surface area (TPSA) is 12.0 Å². The zero-order valence-corrected chi connectivity index (χ0v) is 13.6. The molecular weight excluding hydrogens is 418 g/mol. The largest absolute Gasteiger partial charge is 0.416 e. The number of nitrogens with one attached hydrogen (secondary N) is 1. The molecule has 2 aromatic rings. The minimum absolute atomic E-state index is 0.277. The van der Waals surface area contributed by atoms with Gasteiger partial charge in [-0.25, -0.2) is 4.39 Å². The second-order valence-corrected chi connectivity index (χ2v) is 6.00. The molecule has 0 aliphatic carbocycles. The van der Waals surface area contributed by atoms with Crippen molar-refractivity contribution < 1.29 is 17.6 Å². The number of hydrogen-bond donors (Lipinski definition) is 1. The van der Waals surface area contributed by atoms with Crippen LogP contribution in [0, 0.1) is 5.82 Å². The second-order valence-electron chi connectivity index (χ2n) is 4.29. The molecule has 0 fully saturated rings. The summed E-state index contributed by atoms with van der Waals surface area (Å²) in [6.07, 6.45) is -4.39. The van der Waals surface area contributed by atoms with Crippen molar-refractivity contribution in [3.05, 3.63) is 62.3 Å². The molecule has 0 bridgehead atoms. The van der Waals surface area contributed by atoms with Gasteiger partial charge < -0.3 is 5.32 Å². The Hall–Kier alpha value is -1.08. The fraction of sp³-hybridized carbons (Fsp3) is 0.143. The fourth-order valence-corrected chi connectivity index (χ4v) is 2.50. The highest BCUT2D eigenvalue weighted by Crippen LogP contribution is 2.34. The van der Waals surface area contributed by atoms with Gasteiger partial charge in [-0.05, 0) is 67.8 Å². The summed E-state index contributed by atoms with van der Waals surface area (Å²) in [4.78, 5) is 0. The summed E-state index contributed by atoms with van der Waals surface area (Å²) >= 11 is 6.26. The van der Waals surface area contributed by atoms with E-state index < -0.39 is 11.7 Å². The summed E-state index contributed by atoms with van der Waals surface area (Å²) in [5, 5.41) is 2.90. The third-order valence-corrected chi connectivity index (χ3v) is 4.06. The minimum Gasteiger partial charge on any atom is -0.380 e. The quantitative estimate of drug-likeness (QED) is 0.595. The van der Waals surface area contributed by atoms with Crippen LogP contribution < -0.4 is 5.32 Å². The van der Waals surface area contributed by atoms with Gasteiger partial charge in [0, 0.05) is 16.7 Å². The number of halogens is 6. The van der Waals surface area contributed by atoms with Crippen LogP contribution in [-0.2, 0) is 12.7 Å². The van der Waals surface area contributed by atoms with Crippen LogP contribution in [-0.4, -0.2) is 0 Å². The standard InChI is InChI=1S/C14H9Br2F4N/c15-10-3-2-9(14(18,19)20)6-13(10)21-7-8-1-4-12(17)11(16)5-8/h1-6,21H,7H2. The van der Waals surface area contributed by atoms with E-state index in [-0.39, 0.29) is 12.4 Å². The van der Waals surface area contributed by atoms with Crippen LogP contribution in [0.4, 0.5) is 23.2 Å². The predicted octanol–water partition coefficient (Wildman–Crippen LogP) is 5.98. The SMILES string of the molecule is Fc1ccc(CNc2cc(C(F)(F)F)ccc2Br)cc1Br. The Morgan fingerprint density at radius 3 is 2.29 bits per heavy atom. The number of hydrogen-bond acceptors (Lipinski definition) is 1. The van der Waals surface area contributed by atoms with Crippen LogP contribution in [0.2, 0.25) is 0 Å². The van der Waals surface area contributed by atoms with Gasteiger partial charge in [0.1, 0.15) is 5.82 Å². The third kappa shape index (κ3) is 4.20. The van der Waals surface area contributed by atoms with E-state index in [1.54, 1.807) is 12.1 Å². The molecule has 7 heteroatoms. The lowest BCUT2D eigenvalue weighted by Gasteiger charge is -2.13. The van der Waals surface area contributed by atoms with Crippen molar-refractivity contribution in [3.8, 4) is 0 Å². The Kier molecular flexibility index (Phi) is 4.93. The summed E-state index contributed by atoms with van der Waals surface area (Å²) in [6.45, 7) is 0.277. The average molecular weight is 427 g/mol. The Morgan fingerprint density at radius 1 is 0.952 bits per heavy atom. The van der Waals surface area contributed by atoms with Gasteiger partial charge in [0.15, 0.2) is 0 Å². The normalized spacial score (nSPS) is 11.5. The van der Waals surface area contributed by atoms with Crippen molar-refractivity contribution in [2.24, 2.45) is 0 Å². The molecule has 0 unspecified atom stereocenters. The number of alkyl halides is 3. The van der Waals surface area contributed by atoms with Crippen molar-refractivity contribution in [2.75, 3.05) is 5.32 Å². The monoisotopic (exact) mass is 425 g/mol. The molecule has 2 aromatic carbocycles. The summed E-state index contributed by atoms with van der Waals surface area (Å²) in [6, 6.07) is 7.80. The Labute approximate surface area is 135 Å². The summed E-state index contributed by atoms with van der Waals surface area (Å²) in [5.41, 5.74) is 0.339. The zero-order valence-electron chi connectivity index (χ0n) is 10.4. The van der Waals surface area contributed by atoms with E-state index in [2.05, 4.69) is 37.2 Å². The molecule has 0 saturated heterocycles. The van der Waals surface area contributed by atoms with Crippen LogP contribution in [0.15, 0.2) is 45.3 Å². The van der Waals surface area contributed by atoms with E-state index in [0.29, 0.717) is 14.6 Å². The van der Waals surface area contributed by atoms with Crippen molar-refractivity contribution in [2.45, 2.75) is 12.7 Å². The first kappa shape index (κ1) is 16.3. The van der Waals surface area contributed by atoms with E-state index >= 15 is 0 Å². The van der Waals surface area contributed by atoms with Crippen molar-refractivity contribution in [1.82, 2.24) is 0 Å². The molecule has 0 amide bonds. The van der Waals surface area contributed by atoms with Crippen LogP contribution in [0.3, 0.4) is 0 Å². The highest BCUT2D eigenvalue weighted by atomic mass is 79.9. The highest BCUT2D eigenvalue weighted by molar-refractivity contribution is 9.10. The number of benzene rings is 2. The second kappa shape index (κ2) is 6.36. The molecule has 0 heterocycles. The molecular formula is C14H9Br2F4N. The Bertz CT molecular complexity index is 656. The van der Waals surface area contributed by atoms with Gasteiger partial charge in [0.25, 0.3) is 0 Å². The maximum Gasteiger partial charge on any atom is 0.416 e. The van der Waals surface area contributed by atoms with E-state index in [1.807, 2.05) is 0 Å². The first-order chi connectivity index (χ1) is 9.77. The molecule has 0 aliphatic heterocycles. The molecule has 1 N–H and O–H groups in total. The van der Waals surface area contributed by atoms with E-state index in [1.165, 1.54) is 12.1 Å². The van der Waals surface area contributed by atoms with Crippen molar-refractivity contribution in [1.29, 1.82) is 0 Å². The van der Waals surface area contributed by atoms with Crippen LogP contribution >= 0.6 is 31.9 Å². The van der Waals surface area contributed by atoms with Crippen LogP contribution in [0.25, 0.3) is 0 Å². The van der Waals surface area contributed by atoms with Crippen LogP contribution in [0.5, 0.6) is 0 Å². The molecule has 112 valence electrons. The molecule has 21 heavy (non-hydrogen) atoms. The lowest BCUT2D eigenvalue weighted by atomic mass is 10.1. The Morgan fingerprint density at radius 2 is 1.67 bits per heavy atom. The zero-order chi connectivity index (χ0) is 15.6. The maximum absolute atomic E-state index is 13.1.